The third kappa shape index (κ3) is 4.49. The number of tetrazole rings is 1. The molecule has 1 aliphatic heterocycles. The van der Waals surface area contributed by atoms with Gasteiger partial charge in [-0.05, 0) is 36.2 Å². The minimum atomic E-state index is -0.141. The Hall–Kier alpha value is -1.50. The van der Waals surface area contributed by atoms with Crippen molar-refractivity contribution in [3.05, 3.63) is 5.82 Å². The largest absolute Gasteiger partial charge is 0.469 e. The van der Waals surface area contributed by atoms with Gasteiger partial charge in [-0.2, -0.15) is 0 Å². The minimum Gasteiger partial charge on any atom is -0.469 e. The van der Waals surface area contributed by atoms with E-state index in [9.17, 15) is 4.79 Å². The zero-order valence-electron chi connectivity index (χ0n) is 13.0. The first kappa shape index (κ1) is 15.9. The first-order valence-electron chi connectivity index (χ1n) is 7.80. The molecular weight excluding hydrogens is 270 g/mol. The van der Waals surface area contributed by atoms with Crippen LogP contribution in [-0.2, 0) is 22.6 Å². The monoisotopic (exact) mass is 295 g/mol. The standard InChI is InChI=1S/C14H25N5O2/c1-3-4-9-19-13(15-16-17-19)11-18-8-6-5-7-12(18)10-14(20)21-2/h12H,3-11H2,1-2H3. The summed E-state index contributed by atoms with van der Waals surface area (Å²) >= 11 is 0. The molecule has 0 spiro atoms. The number of hydrogen-bond donors (Lipinski definition) is 0. The second-order valence-electron chi connectivity index (χ2n) is 5.57. The Balaban J connectivity index is 1.98. The fraction of sp³-hybridized carbons (Fsp3) is 0.857. The molecule has 1 unspecified atom stereocenters. The van der Waals surface area contributed by atoms with Crippen LogP contribution in [0.1, 0.15) is 51.3 Å². The molecule has 0 saturated carbocycles. The average molecular weight is 295 g/mol. The van der Waals surface area contributed by atoms with Crippen LogP contribution in [0.4, 0.5) is 0 Å². The molecule has 0 bridgehead atoms. The molecule has 7 heteroatoms. The Morgan fingerprint density at radius 1 is 1.43 bits per heavy atom. The van der Waals surface area contributed by atoms with E-state index in [1.807, 2.05) is 4.68 Å². The molecule has 0 aliphatic carbocycles. The summed E-state index contributed by atoms with van der Waals surface area (Å²) in [4.78, 5) is 13.9. The second-order valence-corrected chi connectivity index (χ2v) is 5.57. The van der Waals surface area contributed by atoms with Crippen molar-refractivity contribution in [1.82, 2.24) is 25.1 Å². The van der Waals surface area contributed by atoms with Crippen molar-refractivity contribution < 1.29 is 9.53 Å². The van der Waals surface area contributed by atoms with Gasteiger partial charge in [-0.3, -0.25) is 9.69 Å². The first-order chi connectivity index (χ1) is 10.2. The number of methoxy groups -OCH3 is 1. The van der Waals surface area contributed by atoms with Gasteiger partial charge >= 0.3 is 5.97 Å². The number of ether oxygens (including phenoxy) is 1. The number of hydrogen-bond acceptors (Lipinski definition) is 6. The highest BCUT2D eigenvalue weighted by molar-refractivity contribution is 5.69. The van der Waals surface area contributed by atoms with Crippen molar-refractivity contribution in [2.45, 2.75) is 64.6 Å². The molecule has 21 heavy (non-hydrogen) atoms. The normalized spacial score (nSPS) is 19.6. The number of unbranched alkanes of at least 4 members (excludes halogenated alkanes) is 1. The van der Waals surface area contributed by atoms with Crippen molar-refractivity contribution in [3.63, 3.8) is 0 Å². The van der Waals surface area contributed by atoms with Gasteiger partial charge < -0.3 is 4.74 Å². The molecule has 1 aromatic heterocycles. The topological polar surface area (TPSA) is 73.1 Å². The van der Waals surface area contributed by atoms with Crippen LogP contribution in [-0.4, -0.2) is 50.8 Å². The van der Waals surface area contributed by atoms with Crippen molar-refractivity contribution in [2.24, 2.45) is 0 Å². The SMILES string of the molecule is CCCCn1nnnc1CN1CCCCC1CC(=O)OC. The third-order valence-electron chi connectivity index (χ3n) is 4.05. The van der Waals surface area contributed by atoms with Gasteiger partial charge in [0.2, 0.25) is 0 Å². The van der Waals surface area contributed by atoms with E-state index in [2.05, 4.69) is 27.3 Å². The van der Waals surface area contributed by atoms with Gasteiger partial charge in [0.05, 0.1) is 20.1 Å². The molecule has 1 aliphatic rings. The molecule has 118 valence electrons. The predicted molar refractivity (Wildman–Crippen MR) is 77.4 cm³/mol. The fourth-order valence-corrected chi connectivity index (χ4v) is 2.77. The van der Waals surface area contributed by atoms with Gasteiger partial charge in [0, 0.05) is 12.6 Å². The lowest BCUT2D eigenvalue weighted by Crippen LogP contribution is -2.41. The maximum absolute atomic E-state index is 11.5. The van der Waals surface area contributed by atoms with Gasteiger partial charge in [-0.25, -0.2) is 4.68 Å². The van der Waals surface area contributed by atoms with E-state index in [0.29, 0.717) is 13.0 Å². The third-order valence-corrected chi connectivity index (χ3v) is 4.05. The molecule has 1 aromatic rings. The molecule has 1 atom stereocenters. The molecule has 1 saturated heterocycles. The van der Waals surface area contributed by atoms with Crippen molar-refractivity contribution >= 4 is 5.97 Å². The smallest absolute Gasteiger partial charge is 0.307 e. The van der Waals surface area contributed by atoms with Crippen LogP contribution in [0.3, 0.4) is 0 Å². The minimum absolute atomic E-state index is 0.141. The number of esters is 1. The van der Waals surface area contributed by atoms with Gasteiger partial charge in [0.1, 0.15) is 0 Å². The summed E-state index contributed by atoms with van der Waals surface area (Å²) in [5, 5.41) is 12.0. The zero-order chi connectivity index (χ0) is 15.1. The predicted octanol–water partition coefficient (Wildman–Crippen LogP) is 1.39. The number of aromatic nitrogens is 4. The Morgan fingerprint density at radius 3 is 3.05 bits per heavy atom. The Kier molecular flexibility index (Phi) is 6.10. The molecule has 0 amide bonds. The van der Waals surface area contributed by atoms with E-state index in [-0.39, 0.29) is 12.0 Å². The molecule has 0 aromatic carbocycles. The summed E-state index contributed by atoms with van der Waals surface area (Å²) in [6.45, 7) is 4.70. The number of carbonyl (C=O) groups is 1. The molecule has 1 fully saturated rings. The number of rotatable bonds is 7. The van der Waals surface area contributed by atoms with E-state index in [1.54, 1.807) is 0 Å². The van der Waals surface area contributed by atoms with Crippen molar-refractivity contribution in [1.29, 1.82) is 0 Å². The Morgan fingerprint density at radius 2 is 2.29 bits per heavy atom. The van der Waals surface area contributed by atoms with Crippen LogP contribution in [0.5, 0.6) is 0 Å². The molecule has 7 nitrogen and oxygen atoms in total. The van der Waals surface area contributed by atoms with Crippen molar-refractivity contribution in [3.8, 4) is 0 Å². The average Bonchev–Trinajstić information content (AvgIpc) is 2.94. The van der Waals surface area contributed by atoms with Gasteiger partial charge in [-0.15, -0.1) is 5.10 Å². The Bertz CT molecular complexity index is 448. The number of likely N-dealkylation sites (tertiary alicyclic amines) is 1. The molecule has 2 rings (SSSR count). The van der Waals surface area contributed by atoms with Crippen LogP contribution in [0.25, 0.3) is 0 Å². The van der Waals surface area contributed by atoms with E-state index in [0.717, 1.165) is 44.6 Å². The lowest BCUT2D eigenvalue weighted by Gasteiger charge is -2.34. The number of aryl methyl sites for hydroxylation is 1. The van der Waals surface area contributed by atoms with Gasteiger partial charge in [0.15, 0.2) is 5.82 Å². The summed E-state index contributed by atoms with van der Waals surface area (Å²) in [5.41, 5.74) is 0. The van der Waals surface area contributed by atoms with E-state index >= 15 is 0 Å². The zero-order valence-corrected chi connectivity index (χ0v) is 13.0. The summed E-state index contributed by atoms with van der Waals surface area (Å²) < 4.78 is 6.68. The fourth-order valence-electron chi connectivity index (χ4n) is 2.77. The van der Waals surface area contributed by atoms with Crippen LogP contribution < -0.4 is 0 Å². The van der Waals surface area contributed by atoms with E-state index in [4.69, 9.17) is 4.74 Å². The van der Waals surface area contributed by atoms with Crippen LogP contribution in [0.2, 0.25) is 0 Å². The maximum Gasteiger partial charge on any atom is 0.307 e. The summed E-state index contributed by atoms with van der Waals surface area (Å²) in [7, 11) is 1.45. The number of piperidine rings is 1. The molecule has 2 heterocycles. The maximum atomic E-state index is 11.5. The highest BCUT2D eigenvalue weighted by atomic mass is 16.5. The van der Waals surface area contributed by atoms with Crippen LogP contribution in [0.15, 0.2) is 0 Å². The van der Waals surface area contributed by atoms with E-state index in [1.165, 1.54) is 13.5 Å². The molecule has 0 radical (unpaired) electrons. The summed E-state index contributed by atoms with van der Waals surface area (Å²) in [5.74, 6) is 0.748. The number of carbonyl (C=O) groups excluding carboxylic acids is 1. The quantitative estimate of drug-likeness (QED) is 0.708. The van der Waals surface area contributed by atoms with Crippen molar-refractivity contribution in [2.75, 3.05) is 13.7 Å². The number of nitrogens with zero attached hydrogens (tertiary/aromatic N) is 5. The van der Waals surface area contributed by atoms with Crippen LogP contribution in [0, 0.1) is 0 Å². The van der Waals surface area contributed by atoms with E-state index < -0.39 is 0 Å². The lowest BCUT2D eigenvalue weighted by molar-refractivity contribution is -0.142. The van der Waals surface area contributed by atoms with Crippen LogP contribution >= 0.6 is 0 Å². The second kappa shape index (κ2) is 8.07. The van der Waals surface area contributed by atoms with Gasteiger partial charge in [0.25, 0.3) is 0 Å². The molecular formula is C14H25N5O2. The first-order valence-corrected chi connectivity index (χ1v) is 7.80. The highest BCUT2D eigenvalue weighted by Crippen LogP contribution is 2.21. The summed E-state index contributed by atoms with van der Waals surface area (Å²) in [6.07, 6.45) is 6.00. The van der Waals surface area contributed by atoms with Gasteiger partial charge in [-0.1, -0.05) is 19.8 Å². The summed E-state index contributed by atoms with van der Waals surface area (Å²) in [6, 6.07) is 0.238. The Labute approximate surface area is 125 Å². The lowest BCUT2D eigenvalue weighted by atomic mass is 9.99. The highest BCUT2D eigenvalue weighted by Gasteiger charge is 2.26. The molecule has 0 N–H and O–H groups in total.